The number of carbonyl (C=O) groups is 1. The van der Waals surface area contributed by atoms with Gasteiger partial charge in [0.25, 0.3) is 11.6 Å². The number of non-ortho nitro benzene ring substituents is 1. The lowest BCUT2D eigenvalue weighted by Gasteiger charge is -2.12. The molecule has 0 heterocycles. The standard InChI is InChI=1S/C21H17BrN2O4/c22-16-9-10-20(28-12-11-15-5-2-1-3-6-15)19(13-16)21(25)23-17-7-4-8-18(14-17)24(26)27/h1-10,13-14H,11-12H2,(H,23,25). The van der Waals surface area contributed by atoms with Gasteiger partial charge in [0.2, 0.25) is 0 Å². The van der Waals surface area contributed by atoms with Crippen LogP contribution in [0.15, 0.2) is 77.3 Å². The molecule has 3 rings (SSSR count). The number of anilines is 1. The zero-order chi connectivity index (χ0) is 19.9. The van der Waals surface area contributed by atoms with E-state index in [9.17, 15) is 14.9 Å². The van der Waals surface area contributed by atoms with Crippen molar-refractivity contribution in [2.24, 2.45) is 0 Å². The first kappa shape index (κ1) is 19.6. The summed E-state index contributed by atoms with van der Waals surface area (Å²) in [6.07, 6.45) is 0.711. The molecule has 3 aromatic carbocycles. The Morgan fingerprint density at radius 3 is 2.57 bits per heavy atom. The van der Waals surface area contributed by atoms with E-state index in [1.165, 1.54) is 18.2 Å². The highest BCUT2D eigenvalue weighted by molar-refractivity contribution is 9.10. The molecule has 1 N–H and O–H groups in total. The maximum atomic E-state index is 12.7. The second kappa shape index (κ2) is 9.14. The topological polar surface area (TPSA) is 81.5 Å². The fourth-order valence-corrected chi connectivity index (χ4v) is 2.99. The number of hydrogen-bond acceptors (Lipinski definition) is 4. The number of nitro benzene ring substituents is 1. The lowest BCUT2D eigenvalue weighted by molar-refractivity contribution is -0.384. The van der Waals surface area contributed by atoms with Crippen LogP contribution in [0.5, 0.6) is 5.75 Å². The quantitative estimate of drug-likeness (QED) is 0.402. The molecular formula is C21H17BrN2O4. The molecule has 0 bridgehead atoms. The Morgan fingerprint density at radius 2 is 1.82 bits per heavy atom. The van der Waals surface area contributed by atoms with Gasteiger partial charge >= 0.3 is 0 Å². The lowest BCUT2D eigenvalue weighted by Crippen LogP contribution is -2.14. The highest BCUT2D eigenvalue weighted by Gasteiger charge is 2.15. The van der Waals surface area contributed by atoms with Crippen LogP contribution in [0, 0.1) is 10.1 Å². The van der Waals surface area contributed by atoms with Gasteiger partial charge in [-0.2, -0.15) is 0 Å². The maximum Gasteiger partial charge on any atom is 0.271 e. The van der Waals surface area contributed by atoms with Crippen LogP contribution in [0.1, 0.15) is 15.9 Å². The normalized spacial score (nSPS) is 10.3. The smallest absolute Gasteiger partial charge is 0.271 e. The average Bonchev–Trinajstić information content (AvgIpc) is 2.70. The molecule has 0 atom stereocenters. The van der Waals surface area contributed by atoms with E-state index in [4.69, 9.17) is 4.74 Å². The molecule has 0 fully saturated rings. The Kier molecular flexibility index (Phi) is 6.39. The molecule has 7 heteroatoms. The summed E-state index contributed by atoms with van der Waals surface area (Å²) in [5.41, 5.74) is 1.73. The SMILES string of the molecule is O=C(Nc1cccc([N+](=O)[O-])c1)c1cc(Br)ccc1OCCc1ccccc1. The number of nitrogens with zero attached hydrogens (tertiary/aromatic N) is 1. The summed E-state index contributed by atoms with van der Waals surface area (Å²) in [5, 5.41) is 13.6. The fraction of sp³-hybridized carbons (Fsp3) is 0.0952. The zero-order valence-electron chi connectivity index (χ0n) is 14.8. The summed E-state index contributed by atoms with van der Waals surface area (Å²) in [6.45, 7) is 0.419. The van der Waals surface area contributed by atoms with Gasteiger partial charge in [0.05, 0.1) is 17.1 Å². The van der Waals surface area contributed by atoms with Gasteiger partial charge in [0, 0.05) is 28.7 Å². The first-order chi connectivity index (χ1) is 13.5. The van der Waals surface area contributed by atoms with Crippen LogP contribution in [-0.4, -0.2) is 17.4 Å². The molecule has 0 saturated heterocycles. The third kappa shape index (κ3) is 5.17. The van der Waals surface area contributed by atoms with E-state index in [1.54, 1.807) is 24.3 Å². The first-order valence-corrected chi connectivity index (χ1v) is 9.34. The maximum absolute atomic E-state index is 12.7. The van der Waals surface area contributed by atoms with Crippen molar-refractivity contribution in [3.8, 4) is 5.75 Å². The van der Waals surface area contributed by atoms with Gasteiger partial charge in [0.15, 0.2) is 0 Å². The van der Waals surface area contributed by atoms with Crippen molar-refractivity contribution in [1.82, 2.24) is 0 Å². The van der Waals surface area contributed by atoms with Crippen LogP contribution in [0.3, 0.4) is 0 Å². The summed E-state index contributed by atoms with van der Waals surface area (Å²) in [7, 11) is 0. The highest BCUT2D eigenvalue weighted by Crippen LogP contribution is 2.25. The second-order valence-corrected chi connectivity index (χ2v) is 6.90. The summed E-state index contributed by atoms with van der Waals surface area (Å²) in [4.78, 5) is 23.1. The monoisotopic (exact) mass is 440 g/mol. The van der Waals surface area contributed by atoms with Gasteiger partial charge in [0.1, 0.15) is 5.75 Å². The summed E-state index contributed by atoms with van der Waals surface area (Å²) < 4.78 is 6.56. The Morgan fingerprint density at radius 1 is 1.04 bits per heavy atom. The van der Waals surface area contributed by atoms with Gasteiger partial charge in [-0.15, -0.1) is 0 Å². The first-order valence-electron chi connectivity index (χ1n) is 8.55. The highest BCUT2D eigenvalue weighted by atomic mass is 79.9. The number of rotatable bonds is 7. The minimum atomic E-state index is -0.507. The molecule has 28 heavy (non-hydrogen) atoms. The Labute approximate surface area is 170 Å². The summed E-state index contributed by atoms with van der Waals surface area (Å²) in [6, 6.07) is 20.9. The van der Waals surface area contributed by atoms with Crippen molar-refractivity contribution in [2.75, 3.05) is 11.9 Å². The lowest BCUT2D eigenvalue weighted by atomic mass is 10.1. The van der Waals surface area contributed by atoms with Gasteiger partial charge in [-0.3, -0.25) is 14.9 Å². The van der Waals surface area contributed by atoms with Crippen molar-refractivity contribution in [3.05, 3.63) is 98.5 Å². The predicted molar refractivity (Wildman–Crippen MR) is 111 cm³/mol. The molecule has 0 radical (unpaired) electrons. The third-order valence-corrected chi connectivity index (χ3v) is 4.49. The number of carbonyl (C=O) groups excluding carboxylic acids is 1. The molecule has 6 nitrogen and oxygen atoms in total. The molecular weight excluding hydrogens is 424 g/mol. The van der Waals surface area contributed by atoms with E-state index in [1.807, 2.05) is 30.3 Å². The minimum absolute atomic E-state index is 0.0913. The van der Waals surface area contributed by atoms with Crippen LogP contribution in [0.4, 0.5) is 11.4 Å². The van der Waals surface area contributed by atoms with E-state index in [-0.39, 0.29) is 5.69 Å². The molecule has 0 aromatic heterocycles. The van der Waals surface area contributed by atoms with Gasteiger partial charge in [-0.25, -0.2) is 0 Å². The van der Waals surface area contributed by atoms with E-state index >= 15 is 0 Å². The molecule has 0 saturated carbocycles. The Bertz CT molecular complexity index is 993. The number of halogens is 1. The number of nitro groups is 1. The fourth-order valence-electron chi connectivity index (χ4n) is 2.62. The molecule has 142 valence electrons. The molecule has 0 aliphatic heterocycles. The summed E-state index contributed by atoms with van der Waals surface area (Å²) in [5.74, 6) is 0.0403. The van der Waals surface area contributed by atoms with Crippen LogP contribution in [0.2, 0.25) is 0 Å². The predicted octanol–water partition coefficient (Wildman–Crippen LogP) is 5.23. The molecule has 0 spiro atoms. The largest absolute Gasteiger partial charge is 0.492 e. The molecule has 0 aliphatic carbocycles. The van der Waals surface area contributed by atoms with Crippen molar-refractivity contribution in [1.29, 1.82) is 0 Å². The van der Waals surface area contributed by atoms with Crippen LogP contribution < -0.4 is 10.1 Å². The van der Waals surface area contributed by atoms with Crippen LogP contribution in [0.25, 0.3) is 0 Å². The van der Waals surface area contributed by atoms with Crippen molar-refractivity contribution < 1.29 is 14.5 Å². The van der Waals surface area contributed by atoms with Crippen LogP contribution in [-0.2, 0) is 6.42 Å². The molecule has 0 unspecified atom stereocenters. The number of amides is 1. The number of ether oxygens (including phenoxy) is 1. The van der Waals surface area contributed by atoms with Crippen molar-refractivity contribution in [3.63, 3.8) is 0 Å². The molecule has 3 aromatic rings. The third-order valence-electron chi connectivity index (χ3n) is 3.99. The molecule has 1 amide bonds. The molecule has 0 aliphatic rings. The number of hydrogen-bond donors (Lipinski definition) is 1. The average molecular weight is 441 g/mol. The second-order valence-electron chi connectivity index (χ2n) is 5.99. The Balaban J connectivity index is 1.73. The zero-order valence-corrected chi connectivity index (χ0v) is 16.4. The van der Waals surface area contributed by atoms with E-state index in [0.717, 1.165) is 10.0 Å². The summed E-state index contributed by atoms with van der Waals surface area (Å²) >= 11 is 3.36. The van der Waals surface area contributed by atoms with Crippen LogP contribution >= 0.6 is 15.9 Å². The van der Waals surface area contributed by atoms with E-state index < -0.39 is 10.8 Å². The van der Waals surface area contributed by atoms with Gasteiger partial charge < -0.3 is 10.1 Å². The van der Waals surface area contributed by atoms with Gasteiger partial charge in [-0.05, 0) is 29.8 Å². The Hall–Kier alpha value is -3.19. The van der Waals surface area contributed by atoms with E-state index in [2.05, 4.69) is 21.2 Å². The number of benzene rings is 3. The van der Waals surface area contributed by atoms with Crippen molar-refractivity contribution >= 4 is 33.2 Å². The van der Waals surface area contributed by atoms with Crippen molar-refractivity contribution in [2.45, 2.75) is 6.42 Å². The van der Waals surface area contributed by atoms with E-state index in [0.29, 0.717) is 30.0 Å². The number of nitrogens with one attached hydrogen (secondary N) is 1. The van der Waals surface area contributed by atoms with Gasteiger partial charge in [-0.1, -0.05) is 52.3 Å². The minimum Gasteiger partial charge on any atom is -0.492 e.